The Morgan fingerprint density at radius 2 is 1.76 bits per heavy atom. The molecule has 0 aliphatic heterocycles. The molecule has 1 atom stereocenters. The van der Waals surface area contributed by atoms with Gasteiger partial charge >= 0.3 is 0 Å². The molecule has 1 rings (SSSR count). The lowest BCUT2D eigenvalue weighted by Crippen LogP contribution is -2.33. The zero-order chi connectivity index (χ0) is 16.2. The van der Waals surface area contributed by atoms with Crippen LogP contribution in [0.1, 0.15) is 45.0 Å². The number of benzene rings is 1. The molecule has 2 N–H and O–H groups in total. The summed E-state index contributed by atoms with van der Waals surface area (Å²) in [6.45, 7) is 10.9. The quantitative estimate of drug-likeness (QED) is 0.868. The highest BCUT2D eigenvalue weighted by Gasteiger charge is 2.21. The van der Waals surface area contributed by atoms with Gasteiger partial charge < -0.3 is 10.6 Å². The second-order valence-corrected chi connectivity index (χ2v) is 6.32. The van der Waals surface area contributed by atoms with Gasteiger partial charge in [-0.3, -0.25) is 4.79 Å². The molecule has 5 heteroatoms. The van der Waals surface area contributed by atoms with E-state index in [2.05, 4.69) is 31.4 Å². The summed E-state index contributed by atoms with van der Waals surface area (Å²) in [7, 11) is 0. The van der Waals surface area contributed by atoms with Crippen LogP contribution in [-0.2, 0) is 0 Å². The molecular weight excluding hydrogens is 274 g/mol. The maximum atomic E-state index is 13.8. The van der Waals surface area contributed by atoms with Gasteiger partial charge in [0.25, 0.3) is 5.91 Å². The normalized spacial score (nSPS) is 12.9. The second-order valence-electron chi connectivity index (χ2n) is 6.32. The topological polar surface area (TPSA) is 41.1 Å². The molecule has 1 unspecified atom stereocenters. The van der Waals surface area contributed by atoms with Gasteiger partial charge in [-0.15, -0.1) is 0 Å². The summed E-state index contributed by atoms with van der Waals surface area (Å²) in [6, 6.07) is 2.11. The van der Waals surface area contributed by atoms with Crippen molar-refractivity contribution in [3.05, 3.63) is 29.3 Å². The molecule has 118 valence electrons. The summed E-state index contributed by atoms with van der Waals surface area (Å²) in [5.74, 6) is -1.74. The fourth-order valence-corrected chi connectivity index (χ4v) is 1.70. The summed E-state index contributed by atoms with van der Waals surface area (Å²) >= 11 is 0. The average Bonchev–Trinajstić information content (AvgIpc) is 2.38. The van der Waals surface area contributed by atoms with Crippen LogP contribution in [0.25, 0.3) is 0 Å². The largest absolute Gasteiger partial charge is 0.381 e. The first-order valence-corrected chi connectivity index (χ1v) is 7.18. The number of nitrogens with one attached hydrogen (secondary N) is 2. The van der Waals surface area contributed by atoms with E-state index in [1.165, 1.54) is 0 Å². The van der Waals surface area contributed by atoms with E-state index in [9.17, 15) is 13.6 Å². The van der Waals surface area contributed by atoms with Crippen molar-refractivity contribution in [3.63, 3.8) is 0 Å². The minimum absolute atomic E-state index is 0.00670. The molecule has 0 bridgehead atoms. The Labute approximate surface area is 125 Å². The third-order valence-corrected chi connectivity index (χ3v) is 3.71. The van der Waals surface area contributed by atoms with Crippen LogP contribution in [0.5, 0.6) is 0 Å². The van der Waals surface area contributed by atoms with Gasteiger partial charge in [0.2, 0.25) is 0 Å². The Morgan fingerprint density at radius 3 is 2.19 bits per heavy atom. The molecule has 0 spiro atoms. The standard InChI is InChI=1S/C16H24F2N2O/c1-6-19-14-12(17)7-11(8-13(14)18)15(21)20-9-10(2)16(3,4)5/h7-8,10,19H,6,9H2,1-5H3,(H,20,21). The number of rotatable bonds is 5. The number of anilines is 1. The lowest BCUT2D eigenvalue weighted by Gasteiger charge is -2.27. The Bertz CT molecular complexity index is 486. The summed E-state index contributed by atoms with van der Waals surface area (Å²) in [6.07, 6.45) is 0. The van der Waals surface area contributed by atoms with Gasteiger partial charge in [-0.2, -0.15) is 0 Å². The van der Waals surface area contributed by atoms with Crippen molar-refractivity contribution in [3.8, 4) is 0 Å². The summed E-state index contributed by atoms with van der Waals surface area (Å²) < 4.78 is 27.5. The zero-order valence-electron chi connectivity index (χ0n) is 13.3. The SMILES string of the molecule is CCNc1c(F)cc(C(=O)NCC(C)C(C)(C)C)cc1F. The number of halogens is 2. The van der Waals surface area contributed by atoms with E-state index in [0.717, 1.165) is 12.1 Å². The Morgan fingerprint density at radius 1 is 1.24 bits per heavy atom. The summed E-state index contributed by atoms with van der Waals surface area (Å²) in [5, 5.41) is 5.32. The van der Waals surface area contributed by atoms with Crippen molar-refractivity contribution in [2.24, 2.45) is 11.3 Å². The van der Waals surface area contributed by atoms with E-state index in [1.807, 2.05) is 6.92 Å². The molecule has 0 saturated heterocycles. The van der Waals surface area contributed by atoms with E-state index >= 15 is 0 Å². The molecule has 0 heterocycles. The van der Waals surface area contributed by atoms with Crippen LogP contribution in [-0.4, -0.2) is 19.0 Å². The van der Waals surface area contributed by atoms with Crippen LogP contribution < -0.4 is 10.6 Å². The van der Waals surface area contributed by atoms with Gasteiger partial charge in [0.15, 0.2) is 0 Å². The summed E-state index contributed by atoms with van der Waals surface area (Å²) in [5.41, 5.74) is -0.150. The Kier molecular flexibility index (Phi) is 5.70. The van der Waals surface area contributed by atoms with Crippen molar-refractivity contribution in [2.75, 3.05) is 18.4 Å². The first-order chi connectivity index (χ1) is 9.66. The molecule has 21 heavy (non-hydrogen) atoms. The molecule has 0 aromatic heterocycles. The predicted octanol–water partition coefficient (Wildman–Crippen LogP) is 3.81. The molecule has 3 nitrogen and oxygen atoms in total. The van der Waals surface area contributed by atoms with E-state index < -0.39 is 17.5 Å². The lowest BCUT2D eigenvalue weighted by atomic mass is 9.82. The van der Waals surface area contributed by atoms with Crippen LogP contribution in [0.4, 0.5) is 14.5 Å². The van der Waals surface area contributed by atoms with Crippen molar-refractivity contribution in [1.82, 2.24) is 5.32 Å². The average molecular weight is 298 g/mol. The highest BCUT2D eigenvalue weighted by atomic mass is 19.1. The maximum absolute atomic E-state index is 13.8. The number of hydrogen-bond donors (Lipinski definition) is 2. The maximum Gasteiger partial charge on any atom is 0.251 e. The van der Waals surface area contributed by atoms with E-state index in [0.29, 0.717) is 13.1 Å². The fourth-order valence-electron chi connectivity index (χ4n) is 1.70. The van der Waals surface area contributed by atoms with Crippen molar-refractivity contribution < 1.29 is 13.6 Å². The molecule has 0 fully saturated rings. The molecule has 0 aliphatic rings. The van der Waals surface area contributed by atoms with Crippen LogP contribution in [0.3, 0.4) is 0 Å². The van der Waals surface area contributed by atoms with Crippen molar-refractivity contribution in [1.29, 1.82) is 0 Å². The van der Waals surface area contributed by atoms with Crippen molar-refractivity contribution >= 4 is 11.6 Å². The Balaban J connectivity index is 2.80. The molecule has 0 aliphatic carbocycles. The molecule has 1 aromatic rings. The predicted molar refractivity (Wildman–Crippen MR) is 81.5 cm³/mol. The molecule has 0 radical (unpaired) electrons. The van der Waals surface area contributed by atoms with Crippen molar-refractivity contribution in [2.45, 2.75) is 34.6 Å². The minimum atomic E-state index is -0.758. The van der Waals surface area contributed by atoms with Gasteiger partial charge in [0, 0.05) is 18.7 Å². The first kappa shape index (κ1) is 17.4. The smallest absolute Gasteiger partial charge is 0.251 e. The molecule has 1 amide bonds. The fraction of sp³-hybridized carbons (Fsp3) is 0.562. The van der Waals surface area contributed by atoms with Crippen LogP contribution in [0.15, 0.2) is 12.1 Å². The monoisotopic (exact) mass is 298 g/mol. The van der Waals surface area contributed by atoms with Gasteiger partial charge in [0.05, 0.1) is 0 Å². The first-order valence-electron chi connectivity index (χ1n) is 7.18. The number of hydrogen-bond acceptors (Lipinski definition) is 2. The highest BCUT2D eigenvalue weighted by Crippen LogP contribution is 2.25. The van der Waals surface area contributed by atoms with E-state index in [1.54, 1.807) is 6.92 Å². The van der Waals surface area contributed by atoms with Crippen LogP contribution >= 0.6 is 0 Å². The second kappa shape index (κ2) is 6.87. The van der Waals surface area contributed by atoms with Gasteiger partial charge in [-0.25, -0.2) is 8.78 Å². The summed E-state index contributed by atoms with van der Waals surface area (Å²) in [4.78, 5) is 12.0. The number of carbonyl (C=O) groups is 1. The lowest BCUT2D eigenvalue weighted by molar-refractivity contribution is 0.0936. The van der Waals surface area contributed by atoms with Crippen LogP contribution in [0.2, 0.25) is 0 Å². The van der Waals surface area contributed by atoms with Crippen LogP contribution in [0, 0.1) is 23.0 Å². The Hall–Kier alpha value is -1.65. The van der Waals surface area contributed by atoms with E-state index in [4.69, 9.17) is 0 Å². The molecular formula is C16H24F2N2O. The zero-order valence-corrected chi connectivity index (χ0v) is 13.3. The molecule has 1 aromatic carbocycles. The molecule has 0 saturated carbocycles. The van der Waals surface area contributed by atoms with Gasteiger partial charge in [-0.05, 0) is 30.4 Å². The van der Waals surface area contributed by atoms with Gasteiger partial charge in [-0.1, -0.05) is 27.7 Å². The minimum Gasteiger partial charge on any atom is -0.381 e. The third-order valence-electron chi connectivity index (χ3n) is 3.71. The van der Waals surface area contributed by atoms with Gasteiger partial charge in [0.1, 0.15) is 17.3 Å². The number of amides is 1. The van der Waals surface area contributed by atoms with E-state index in [-0.39, 0.29) is 22.6 Å². The highest BCUT2D eigenvalue weighted by molar-refractivity contribution is 5.94. The number of carbonyl (C=O) groups excluding carboxylic acids is 1. The third kappa shape index (κ3) is 4.69.